The molecular weight excluding hydrogens is 238 g/mol. The van der Waals surface area contributed by atoms with Crippen LogP contribution in [0.4, 0.5) is 0 Å². The number of hydrogen-bond acceptors (Lipinski definition) is 2. The molecule has 0 aliphatic carbocycles. The van der Waals surface area contributed by atoms with Crippen LogP contribution in [0.2, 0.25) is 0 Å². The van der Waals surface area contributed by atoms with Crippen molar-refractivity contribution in [3.8, 4) is 0 Å². The molecule has 0 saturated carbocycles. The Bertz CT molecular complexity index is 457. The number of hydrogen-bond donors (Lipinski definition) is 0. The average molecular weight is 259 g/mol. The van der Waals surface area contributed by atoms with Gasteiger partial charge in [-0.1, -0.05) is 42.5 Å². The van der Waals surface area contributed by atoms with Crippen LogP contribution in [0.5, 0.6) is 0 Å². The average Bonchev–Trinajstić information content (AvgIpc) is 2.56. The summed E-state index contributed by atoms with van der Waals surface area (Å²) in [6, 6.07) is 0. The van der Waals surface area contributed by atoms with E-state index < -0.39 is 11.3 Å². The second kappa shape index (κ2) is 6.32. The first kappa shape index (κ1) is 15.2. The fourth-order valence-electron chi connectivity index (χ4n) is 2.48. The van der Waals surface area contributed by atoms with Gasteiger partial charge >= 0.3 is 0 Å². The van der Waals surface area contributed by atoms with Crippen LogP contribution in [-0.2, 0) is 9.59 Å². The van der Waals surface area contributed by atoms with E-state index in [-0.39, 0.29) is 11.8 Å². The zero-order valence-corrected chi connectivity index (χ0v) is 12.0. The van der Waals surface area contributed by atoms with Crippen molar-refractivity contribution in [1.29, 1.82) is 0 Å². The maximum absolute atomic E-state index is 12.6. The van der Waals surface area contributed by atoms with E-state index in [0.717, 1.165) is 0 Å². The number of imide groups is 1. The number of carbonyl (C=O) groups is 2. The highest BCUT2D eigenvalue weighted by Gasteiger charge is 2.54. The molecule has 1 rings (SSSR count). The SMILES string of the molecule is C/C=C/C1C(=O)N(/C=C/C)C(=O)C1(/C=C/C)/C=C/C. The topological polar surface area (TPSA) is 37.4 Å². The maximum atomic E-state index is 12.6. The molecule has 1 atom stereocenters. The summed E-state index contributed by atoms with van der Waals surface area (Å²) < 4.78 is 0. The lowest BCUT2D eigenvalue weighted by Crippen LogP contribution is -2.31. The summed E-state index contributed by atoms with van der Waals surface area (Å²) in [7, 11) is 0. The molecule has 2 amide bonds. The third-order valence-corrected chi connectivity index (χ3v) is 3.18. The monoisotopic (exact) mass is 259 g/mol. The normalized spacial score (nSPS) is 24.0. The van der Waals surface area contributed by atoms with Crippen molar-refractivity contribution in [2.45, 2.75) is 27.7 Å². The quantitative estimate of drug-likeness (QED) is 0.574. The fourth-order valence-corrected chi connectivity index (χ4v) is 2.48. The lowest BCUT2D eigenvalue weighted by atomic mass is 9.76. The minimum absolute atomic E-state index is 0.183. The molecule has 0 bridgehead atoms. The van der Waals surface area contributed by atoms with Crippen molar-refractivity contribution in [3.63, 3.8) is 0 Å². The Hall–Kier alpha value is -1.90. The Balaban J connectivity index is 3.47. The van der Waals surface area contributed by atoms with Crippen LogP contribution in [0.25, 0.3) is 0 Å². The number of rotatable bonds is 4. The zero-order chi connectivity index (χ0) is 14.5. The van der Waals surface area contributed by atoms with Crippen LogP contribution in [0.15, 0.2) is 48.7 Å². The molecule has 0 aromatic heterocycles. The predicted octanol–water partition coefficient (Wildman–Crippen LogP) is 3.22. The number of amides is 2. The van der Waals surface area contributed by atoms with E-state index in [1.165, 1.54) is 11.1 Å². The minimum atomic E-state index is -0.896. The first-order valence-electron chi connectivity index (χ1n) is 6.49. The third kappa shape index (κ3) is 2.46. The summed E-state index contributed by atoms with van der Waals surface area (Å²) in [5, 5.41) is 0. The zero-order valence-electron chi connectivity index (χ0n) is 12.0. The number of carbonyl (C=O) groups excluding carboxylic acids is 2. The highest BCUT2D eigenvalue weighted by Crippen LogP contribution is 2.42. The van der Waals surface area contributed by atoms with Crippen molar-refractivity contribution in [3.05, 3.63) is 48.7 Å². The molecule has 1 aliphatic rings. The summed E-state index contributed by atoms with van der Waals surface area (Å²) in [4.78, 5) is 26.2. The number of allylic oxidation sites excluding steroid dienone is 4. The first-order valence-corrected chi connectivity index (χ1v) is 6.49. The summed E-state index contributed by atoms with van der Waals surface area (Å²) in [5.41, 5.74) is -0.896. The van der Waals surface area contributed by atoms with Gasteiger partial charge < -0.3 is 0 Å². The van der Waals surface area contributed by atoms with E-state index in [1.54, 1.807) is 31.2 Å². The molecule has 1 aliphatic heterocycles. The van der Waals surface area contributed by atoms with Gasteiger partial charge in [0.15, 0.2) is 0 Å². The van der Waals surface area contributed by atoms with Gasteiger partial charge in [0.1, 0.15) is 5.41 Å². The van der Waals surface area contributed by atoms with Gasteiger partial charge in [0.05, 0.1) is 5.92 Å². The molecule has 0 aromatic carbocycles. The molecule has 3 nitrogen and oxygen atoms in total. The molecule has 1 unspecified atom stereocenters. The molecule has 0 aromatic rings. The molecule has 102 valence electrons. The Labute approximate surface area is 115 Å². The van der Waals surface area contributed by atoms with Gasteiger partial charge in [-0.3, -0.25) is 14.5 Å². The summed E-state index contributed by atoms with van der Waals surface area (Å²) in [6.07, 6.45) is 14.1. The Morgan fingerprint density at radius 3 is 1.95 bits per heavy atom. The van der Waals surface area contributed by atoms with Gasteiger partial charge in [0.25, 0.3) is 0 Å². The van der Waals surface area contributed by atoms with Crippen molar-refractivity contribution in [1.82, 2.24) is 4.90 Å². The van der Waals surface area contributed by atoms with Crippen molar-refractivity contribution < 1.29 is 9.59 Å². The van der Waals surface area contributed by atoms with Crippen LogP contribution >= 0.6 is 0 Å². The van der Waals surface area contributed by atoms with E-state index in [1.807, 2.05) is 39.0 Å². The standard InChI is InChI=1S/C16H21NO2/c1-5-9-13-14(18)17(12-8-4)15(19)16(13,10-6-2)11-7-3/h5-13H,1-4H3/b9-5+,10-6+,11-7+,12-8+. The maximum Gasteiger partial charge on any atom is 0.248 e. The van der Waals surface area contributed by atoms with Gasteiger partial charge in [-0.15, -0.1) is 0 Å². The molecule has 0 radical (unpaired) electrons. The van der Waals surface area contributed by atoms with E-state index in [0.29, 0.717) is 0 Å². The van der Waals surface area contributed by atoms with Crippen molar-refractivity contribution >= 4 is 11.8 Å². The van der Waals surface area contributed by atoms with E-state index in [9.17, 15) is 9.59 Å². The van der Waals surface area contributed by atoms with Crippen LogP contribution in [0, 0.1) is 11.3 Å². The number of likely N-dealkylation sites (tertiary alicyclic amines) is 1. The minimum Gasteiger partial charge on any atom is -0.273 e. The van der Waals surface area contributed by atoms with E-state index in [2.05, 4.69) is 0 Å². The Kier molecular flexibility index (Phi) is 5.04. The molecule has 0 N–H and O–H groups in total. The van der Waals surface area contributed by atoms with E-state index >= 15 is 0 Å². The fraction of sp³-hybridized carbons (Fsp3) is 0.375. The molecule has 1 saturated heterocycles. The van der Waals surface area contributed by atoms with Crippen molar-refractivity contribution in [2.75, 3.05) is 0 Å². The van der Waals surface area contributed by atoms with Gasteiger partial charge in [-0.25, -0.2) is 0 Å². The van der Waals surface area contributed by atoms with Gasteiger partial charge in [-0.05, 0) is 27.7 Å². The Morgan fingerprint density at radius 1 is 0.947 bits per heavy atom. The summed E-state index contributed by atoms with van der Waals surface area (Å²) in [5.74, 6) is -0.860. The first-order chi connectivity index (χ1) is 9.08. The predicted molar refractivity (Wildman–Crippen MR) is 77.0 cm³/mol. The second-order valence-corrected chi connectivity index (χ2v) is 4.43. The number of nitrogens with zero attached hydrogens (tertiary/aromatic N) is 1. The molecule has 3 heteroatoms. The van der Waals surface area contributed by atoms with E-state index in [4.69, 9.17) is 0 Å². The second-order valence-electron chi connectivity index (χ2n) is 4.43. The van der Waals surface area contributed by atoms with Gasteiger partial charge in [-0.2, -0.15) is 0 Å². The van der Waals surface area contributed by atoms with Crippen molar-refractivity contribution in [2.24, 2.45) is 11.3 Å². The summed E-state index contributed by atoms with van der Waals surface area (Å²) >= 11 is 0. The molecule has 1 fully saturated rings. The third-order valence-electron chi connectivity index (χ3n) is 3.18. The smallest absolute Gasteiger partial charge is 0.248 e. The molecule has 19 heavy (non-hydrogen) atoms. The van der Waals surface area contributed by atoms with Crippen LogP contribution < -0.4 is 0 Å². The van der Waals surface area contributed by atoms with Gasteiger partial charge in [0.2, 0.25) is 11.8 Å². The van der Waals surface area contributed by atoms with Gasteiger partial charge in [0, 0.05) is 6.20 Å². The lowest BCUT2D eigenvalue weighted by Gasteiger charge is -2.22. The lowest BCUT2D eigenvalue weighted by molar-refractivity contribution is -0.136. The van der Waals surface area contributed by atoms with Crippen LogP contribution in [0.1, 0.15) is 27.7 Å². The highest BCUT2D eigenvalue weighted by atomic mass is 16.2. The Morgan fingerprint density at radius 2 is 1.53 bits per heavy atom. The van der Waals surface area contributed by atoms with Crippen LogP contribution in [-0.4, -0.2) is 16.7 Å². The largest absolute Gasteiger partial charge is 0.273 e. The molecule has 0 spiro atoms. The van der Waals surface area contributed by atoms with Crippen LogP contribution in [0.3, 0.4) is 0 Å². The molecule has 1 heterocycles. The molecular formula is C16H21NO2. The highest BCUT2D eigenvalue weighted by molar-refractivity contribution is 6.11. The summed E-state index contributed by atoms with van der Waals surface area (Å²) in [6.45, 7) is 7.35.